The normalized spacial score (nSPS) is 13.1. The first-order valence-corrected chi connectivity index (χ1v) is 10.6. The van der Waals surface area contributed by atoms with Crippen molar-refractivity contribution in [2.24, 2.45) is 0 Å². The number of carbonyl (C=O) groups is 1. The number of methoxy groups -OCH3 is 1. The number of hydrogen-bond donors (Lipinski definition) is 2. The van der Waals surface area contributed by atoms with E-state index < -0.39 is 11.9 Å². The van der Waals surface area contributed by atoms with Gasteiger partial charge in [0.15, 0.2) is 17.6 Å². The van der Waals surface area contributed by atoms with Crippen molar-refractivity contribution in [1.29, 1.82) is 0 Å². The summed E-state index contributed by atoms with van der Waals surface area (Å²) in [4.78, 5) is 15.0. The smallest absolute Gasteiger partial charge is 0.433 e. The third-order valence-corrected chi connectivity index (χ3v) is 5.07. The number of ether oxygens (including phenoxy) is 1. The second kappa shape index (κ2) is 11.0. The first kappa shape index (κ1) is 25.0. The summed E-state index contributed by atoms with van der Waals surface area (Å²) in [6, 6.07) is 7.10. The minimum absolute atomic E-state index is 0.0459. The summed E-state index contributed by atoms with van der Waals surface area (Å²) in [6.45, 7) is 3.82. The molecule has 0 bridgehead atoms. The highest BCUT2D eigenvalue weighted by molar-refractivity contribution is 5.75. The third-order valence-electron chi connectivity index (χ3n) is 5.07. The number of alkyl halides is 3. The van der Waals surface area contributed by atoms with Gasteiger partial charge < -0.3 is 15.4 Å². The molecular weight excluding hydrogens is 447 g/mol. The van der Waals surface area contributed by atoms with Crippen molar-refractivity contribution in [3.63, 3.8) is 0 Å². The molecule has 7 nitrogen and oxygen atoms in total. The van der Waals surface area contributed by atoms with Crippen LogP contribution in [0.25, 0.3) is 16.9 Å². The number of rotatable bonds is 6. The Morgan fingerprint density at radius 1 is 1.26 bits per heavy atom. The van der Waals surface area contributed by atoms with Crippen LogP contribution in [0.3, 0.4) is 0 Å². The number of aryl methyl sites for hydroxylation is 1. The maximum absolute atomic E-state index is 13.3. The number of dihydropyridines is 1. The summed E-state index contributed by atoms with van der Waals surface area (Å²) in [6.07, 6.45) is 3.18. The molecule has 0 aliphatic carbocycles. The SMILES string of the molecule is CNCCC1=CC=CCN1.COc1ccc(-c2cc(C(F)(F)F)n3nc(C=O)cc3n2)cc1C. The Hall–Kier alpha value is -3.66. The Bertz CT molecular complexity index is 1220. The van der Waals surface area contributed by atoms with Gasteiger partial charge in [-0.2, -0.15) is 18.3 Å². The van der Waals surface area contributed by atoms with Gasteiger partial charge in [-0.05, 0) is 56.3 Å². The lowest BCUT2D eigenvalue weighted by Gasteiger charge is -2.12. The molecule has 180 valence electrons. The number of fused-ring (bicyclic) bond motifs is 1. The van der Waals surface area contributed by atoms with E-state index in [1.54, 1.807) is 25.1 Å². The fourth-order valence-corrected chi connectivity index (χ4v) is 3.37. The van der Waals surface area contributed by atoms with Gasteiger partial charge in [0.1, 0.15) is 11.4 Å². The van der Waals surface area contributed by atoms with Crippen LogP contribution in [0.2, 0.25) is 0 Å². The van der Waals surface area contributed by atoms with E-state index in [0.717, 1.165) is 31.1 Å². The summed E-state index contributed by atoms with van der Waals surface area (Å²) in [5.41, 5.74) is 1.59. The molecule has 0 saturated carbocycles. The number of carbonyl (C=O) groups excluding carboxylic acids is 1. The number of aromatic nitrogens is 3. The molecule has 3 heterocycles. The molecule has 0 fully saturated rings. The molecule has 0 unspecified atom stereocenters. The van der Waals surface area contributed by atoms with Gasteiger partial charge in [0.2, 0.25) is 0 Å². The Morgan fingerprint density at radius 2 is 2.06 bits per heavy atom. The van der Waals surface area contributed by atoms with Crippen LogP contribution in [0.15, 0.2) is 54.3 Å². The number of hydrogen-bond acceptors (Lipinski definition) is 6. The maximum atomic E-state index is 13.3. The monoisotopic (exact) mass is 473 g/mol. The number of halogens is 3. The maximum Gasteiger partial charge on any atom is 0.433 e. The molecular formula is C24H26F3N5O2. The quantitative estimate of drug-likeness (QED) is 0.523. The van der Waals surface area contributed by atoms with Gasteiger partial charge in [-0.15, -0.1) is 0 Å². The van der Waals surface area contributed by atoms with Gasteiger partial charge in [0.05, 0.1) is 12.8 Å². The molecule has 1 aromatic carbocycles. The lowest BCUT2D eigenvalue weighted by atomic mass is 10.1. The number of aldehydes is 1. The van der Waals surface area contributed by atoms with Crippen molar-refractivity contribution < 1.29 is 22.7 Å². The van der Waals surface area contributed by atoms with Crippen LogP contribution >= 0.6 is 0 Å². The zero-order valence-electron chi connectivity index (χ0n) is 19.1. The molecule has 0 spiro atoms. The lowest BCUT2D eigenvalue weighted by Crippen LogP contribution is -2.19. The Balaban J connectivity index is 0.000000271. The van der Waals surface area contributed by atoms with E-state index in [9.17, 15) is 18.0 Å². The lowest BCUT2D eigenvalue weighted by molar-refractivity contribution is -0.142. The van der Waals surface area contributed by atoms with Gasteiger partial charge in [0, 0.05) is 30.4 Å². The minimum Gasteiger partial charge on any atom is -0.496 e. The van der Waals surface area contributed by atoms with E-state index in [4.69, 9.17) is 4.74 Å². The first-order chi connectivity index (χ1) is 16.3. The van der Waals surface area contributed by atoms with Crippen LogP contribution in [0.1, 0.15) is 28.2 Å². The Morgan fingerprint density at radius 3 is 2.65 bits per heavy atom. The molecule has 4 rings (SSSR count). The zero-order valence-corrected chi connectivity index (χ0v) is 19.1. The Labute approximate surface area is 195 Å². The van der Waals surface area contributed by atoms with E-state index in [1.807, 2.05) is 7.05 Å². The molecule has 2 aromatic heterocycles. The fourth-order valence-electron chi connectivity index (χ4n) is 3.37. The molecule has 2 N–H and O–H groups in total. The number of benzene rings is 1. The molecule has 0 radical (unpaired) electrons. The van der Waals surface area contributed by atoms with Crippen LogP contribution < -0.4 is 15.4 Å². The van der Waals surface area contributed by atoms with Gasteiger partial charge in [0.25, 0.3) is 0 Å². The molecule has 1 aliphatic heterocycles. The van der Waals surface area contributed by atoms with Crippen LogP contribution in [0, 0.1) is 6.92 Å². The summed E-state index contributed by atoms with van der Waals surface area (Å²) >= 11 is 0. The van der Waals surface area contributed by atoms with E-state index in [2.05, 4.69) is 38.9 Å². The minimum atomic E-state index is -4.64. The van der Waals surface area contributed by atoms with Crippen LogP contribution in [-0.4, -0.2) is 48.1 Å². The highest BCUT2D eigenvalue weighted by Crippen LogP contribution is 2.33. The standard InChI is InChI=1S/C16H12F3N3O2.C8H14N2/c1-9-5-10(3-4-13(9)24-2)12-7-14(16(17,18)19)22-15(20-12)6-11(8-23)21-22;1-9-7-5-8-4-2-3-6-10-8/h3-8H,1-2H3;2-4,9-10H,5-7H2,1H3. The second-order valence-electron chi connectivity index (χ2n) is 7.52. The van der Waals surface area contributed by atoms with Crippen molar-refractivity contribution in [3.8, 4) is 17.0 Å². The van der Waals surface area contributed by atoms with Gasteiger partial charge in [-0.3, -0.25) is 4.79 Å². The van der Waals surface area contributed by atoms with Crippen LogP contribution in [-0.2, 0) is 6.18 Å². The van der Waals surface area contributed by atoms with Crippen molar-refractivity contribution in [3.05, 3.63) is 71.2 Å². The first-order valence-electron chi connectivity index (χ1n) is 10.6. The number of nitrogens with zero attached hydrogens (tertiary/aromatic N) is 3. The third kappa shape index (κ3) is 6.02. The van der Waals surface area contributed by atoms with Crippen LogP contribution in [0.4, 0.5) is 13.2 Å². The average molecular weight is 473 g/mol. The Kier molecular flexibility index (Phi) is 8.06. The molecule has 1 aliphatic rings. The number of nitrogens with one attached hydrogen (secondary N) is 2. The van der Waals surface area contributed by atoms with Crippen molar-refractivity contribution in [2.75, 3.05) is 27.2 Å². The summed E-state index contributed by atoms with van der Waals surface area (Å²) < 4.78 is 45.8. The average Bonchev–Trinajstić information content (AvgIpc) is 3.25. The molecule has 0 atom stereocenters. The molecule has 34 heavy (non-hydrogen) atoms. The van der Waals surface area contributed by atoms with E-state index in [-0.39, 0.29) is 17.0 Å². The molecule has 10 heteroatoms. The predicted molar refractivity (Wildman–Crippen MR) is 124 cm³/mol. The molecule has 0 saturated heterocycles. The highest BCUT2D eigenvalue weighted by Gasteiger charge is 2.35. The van der Waals surface area contributed by atoms with E-state index >= 15 is 0 Å². The number of allylic oxidation sites excluding steroid dienone is 2. The van der Waals surface area contributed by atoms with Gasteiger partial charge >= 0.3 is 6.18 Å². The summed E-state index contributed by atoms with van der Waals surface area (Å²) in [7, 11) is 3.49. The van der Waals surface area contributed by atoms with Crippen molar-refractivity contribution in [2.45, 2.75) is 19.5 Å². The van der Waals surface area contributed by atoms with E-state index in [0.29, 0.717) is 22.1 Å². The molecule has 0 amide bonds. The van der Waals surface area contributed by atoms with Gasteiger partial charge in [-0.25, -0.2) is 9.50 Å². The van der Waals surface area contributed by atoms with Crippen LogP contribution in [0.5, 0.6) is 5.75 Å². The zero-order chi connectivity index (χ0) is 24.7. The highest BCUT2D eigenvalue weighted by atomic mass is 19.4. The van der Waals surface area contributed by atoms with Crippen molar-refractivity contribution >= 4 is 11.9 Å². The van der Waals surface area contributed by atoms with Crippen molar-refractivity contribution in [1.82, 2.24) is 25.2 Å². The van der Waals surface area contributed by atoms with E-state index in [1.165, 1.54) is 18.9 Å². The second-order valence-corrected chi connectivity index (χ2v) is 7.52. The molecule has 3 aromatic rings. The summed E-state index contributed by atoms with van der Waals surface area (Å²) in [5.74, 6) is 0.628. The summed E-state index contributed by atoms with van der Waals surface area (Å²) in [5, 5.41) is 10.0. The van der Waals surface area contributed by atoms with Gasteiger partial charge in [-0.1, -0.05) is 12.2 Å². The predicted octanol–water partition coefficient (Wildman–Crippen LogP) is 4.18. The largest absolute Gasteiger partial charge is 0.496 e. The topological polar surface area (TPSA) is 80.5 Å². The fraction of sp³-hybridized carbons (Fsp3) is 0.292.